The molecular formula is C11H13BF4S2. The molecule has 1 aromatic carbocycles. The molecule has 0 unspecified atom stereocenters. The van der Waals surface area contributed by atoms with Gasteiger partial charge >= 0.3 is 7.25 Å². The molecule has 1 aromatic rings. The van der Waals surface area contributed by atoms with Crippen LogP contribution in [0.1, 0.15) is 16.6 Å². The normalized spacial score (nSPS) is 16.7. The van der Waals surface area contributed by atoms with Crippen molar-refractivity contribution in [2.45, 2.75) is 11.0 Å². The average molecular weight is 296 g/mol. The average Bonchev–Trinajstić information content (AvgIpc) is 2.56. The summed E-state index contributed by atoms with van der Waals surface area (Å²) in [6, 6.07) is 12.9. The zero-order chi connectivity index (χ0) is 13.4. The van der Waals surface area contributed by atoms with E-state index in [1.54, 1.807) is 0 Å². The molecule has 1 saturated heterocycles. The molecule has 0 atom stereocenters. The van der Waals surface area contributed by atoms with Crippen LogP contribution in [0.15, 0.2) is 36.4 Å². The van der Waals surface area contributed by atoms with Gasteiger partial charge in [-0.2, -0.15) is 0 Å². The lowest BCUT2D eigenvalue weighted by Gasteiger charge is -2.17. The molecule has 0 N–H and O–H groups in total. The minimum Gasteiger partial charge on any atom is -0.418 e. The van der Waals surface area contributed by atoms with E-state index in [9.17, 15) is 17.3 Å². The molecule has 0 aliphatic carbocycles. The van der Waals surface area contributed by atoms with Crippen LogP contribution >= 0.6 is 23.5 Å². The van der Waals surface area contributed by atoms with E-state index >= 15 is 0 Å². The summed E-state index contributed by atoms with van der Waals surface area (Å²) in [5.41, 5.74) is 1.46. The molecule has 7 heteroatoms. The van der Waals surface area contributed by atoms with Gasteiger partial charge in [-0.3, -0.25) is 0 Å². The molecule has 0 radical (unpaired) electrons. The van der Waals surface area contributed by atoms with Crippen molar-refractivity contribution in [1.29, 1.82) is 0 Å². The second-order valence-electron chi connectivity index (χ2n) is 3.53. The SMILES string of the molecule is F[B-](F)(F)F.c1ccc(C2SCCCS2)c[cH+]c1. The van der Waals surface area contributed by atoms with Gasteiger partial charge < -0.3 is 17.3 Å². The fourth-order valence-electron chi connectivity index (χ4n) is 1.35. The minimum atomic E-state index is -6.00. The molecule has 2 rings (SSSR count). The highest BCUT2D eigenvalue weighted by atomic mass is 32.2. The van der Waals surface area contributed by atoms with Crippen LogP contribution in [-0.2, 0) is 0 Å². The van der Waals surface area contributed by atoms with Gasteiger partial charge in [0.1, 0.15) is 4.58 Å². The van der Waals surface area contributed by atoms with Gasteiger partial charge in [0.15, 0.2) is 0 Å². The summed E-state index contributed by atoms with van der Waals surface area (Å²) in [4.78, 5) is 0. The van der Waals surface area contributed by atoms with Crippen molar-refractivity contribution in [3.8, 4) is 0 Å². The predicted octanol–water partition coefficient (Wildman–Crippen LogP) is 5.14. The van der Waals surface area contributed by atoms with E-state index < -0.39 is 7.25 Å². The van der Waals surface area contributed by atoms with E-state index in [4.69, 9.17) is 0 Å². The van der Waals surface area contributed by atoms with Crippen molar-refractivity contribution < 1.29 is 17.3 Å². The molecule has 1 aliphatic heterocycles. The Balaban J connectivity index is 0.000000280. The molecular weight excluding hydrogens is 283 g/mol. The van der Waals surface area contributed by atoms with Crippen LogP contribution in [0.3, 0.4) is 0 Å². The molecule has 100 valence electrons. The van der Waals surface area contributed by atoms with Crippen molar-refractivity contribution in [3.63, 3.8) is 0 Å². The first-order chi connectivity index (χ1) is 8.47. The third kappa shape index (κ3) is 7.82. The van der Waals surface area contributed by atoms with Crippen molar-refractivity contribution in [1.82, 2.24) is 0 Å². The second kappa shape index (κ2) is 7.89. The molecule has 1 heterocycles. The first kappa shape index (κ1) is 15.6. The Hall–Kier alpha value is -0.425. The summed E-state index contributed by atoms with van der Waals surface area (Å²) < 4.78 is 39.7. The van der Waals surface area contributed by atoms with Crippen molar-refractivity contribution in [2.24, 2.45) is 0 Å². The van der Waals surface area contributed by atoms with E-state index in [0.717, 1.165) is 0 Å². The summed E-state index contributed by atoms with van der Waals surface area (Å²) in [6.07, 6.45) is 1.37. The van der Waals surface area contributed by atoms with Gasteiger partial charge in [0, 0.05) is 30.3 Å². The van der Waals surface area contributed by atoms with E-state index in [2.05, 4.69) is 59.9 Å². The summed E-state index contributed by atoms with van der Waals surface area (Å²) in [7, 11) is -6.00. The third-order valence-electron chi connectivity index (χ3n) is 2.01. The van der Waals surface area contributed by atoms with E-state index in [0.29, 0.717) is 4.58 Å². The molecule has 0 amide bonds. The van der Waals surface area contributed by atoms with Crippen LogP contribution in [0.4, 0.5) is 17.3 Å². The first-order valence-electron chi connectivity index (χ1n) is 5.45. The van der Waals surface area contributed by atoms with Crippen LogP contribution in [0, 0.1) is 0 Å². The molecule has 0 aromatic heterocycles. The largest absolute Gasteiger partial charge is 0.673 e. The highest BCUT2D eigenvalue weighted by molar-refractivity contribution is 8.16. The lowest BCUT2D eigenvalue weighted by atomic mass is 10.3. The molecule has 18 heavy (non-hydrogen) atoms. The Bertz CT molecular complexity index is 334. The Morgan fingerprint density at radius 2 is 1.72 bits per heavy atom. The lowest BCUT2D eigenvalue weighted by molar-refractivity contribution is 0.368. The van der Waals surface area contributed by atoms with Crippen LogP contribution in [0.2, 0.25) is 0 Å². The standard InChI is InChI=1S/C11H13S2.BF4/c1-2-4-7-10(6-3-1)11-12-8-5-9-13-11;2-1(3,4)5/h1-4,6-7,11H,5,8-9H2;/q+1;-1. The van der Waals surface area contributed by atoms with E-state index in [1.807, 2.05) is 0 Å². The van der Waals surface area contributed by atoms with E-state index in [-0.39, 0.29) is 0 Å². The molecule has 0 bridgehead atoms. The van der Waals surface area contributed by atoms with Crippen LogP contribution < -0.4 is 0 Å². The molecule has 0 nitrogen and oxygen atoms in total. The second-order valence-corrected chi connectivity index (χ2v) is 6.25. The Labute approximate surface area is 113 Å². The monoisotopic (exact) mass is 296 g/mol. The van der Waals surface area contributed by atoms with Gasteiger partial charge in [-0.1, -0.05) is 0 Å². The van der Waals surface area contributed by atoms with Crippen molar-refractivity contribution in [3.05, 3.63) is 42.0 Å². The molecule has 1 fully saturated rings. The van der Waals surface area contributed by atoms with Gasteiger partial charge in [-0.15, -0.1) is 23.5 Å². The minimum absolute atomic E-state index is 0.668. The Kier molecular flexibility index (Phi) is 6.85. The molecule has 0 spiro atoms. The highest BCUT2D eigenvalue weighted by Crippen LogP contribution is 2.43. The fraction of sp³-hybridized carbons (Fsp3) is 0.364. The van der Waals surface area contributed by atoms with Crippen LogP contribution in [-0.4, -0.2) is 18.8 Å². The maximum Gasteiger partial charge on any atom is 0.673 e. The van der Waals surface area contributed by atoms with Gasteiger partial charge in [-0.05, 0) is 17.9 Å². The lowest BCUT2D eigenvalue weighted by Crippen LogP contribution is -2.02. The number of thioether (sulfide) groups is 2. The fourth-order valence-corrected chi connectivity index (χ4v) is 4.25. The summed E-state index contributed by atoms with van der Waals surface area (Å²) in [5, 5.41) is 0. The number of hydrogen-bond donors (Lipinski definition) is 0. The third-order valence-corrected chi connectivity index (χ3v) is 5.03. The number of halogens is 4. The predicted molar refractivity (Wildman–Crippen MR) is 73.3 cm³/mol. The van der Waals surface area contributed by atoms with E-state index in [1.165, 1.54) is 23.5 Å². The molecule has 0 saturated carbocycles. The molecule has 1 aliphatic rings. The first-order valence-corrected chi connectivity index (χ1v) is 7.55. The van der Waals surface area contributed by atoms with Gasteiger partial charge in [0.25, 0.3) is 0 Å². The van der Waals surface area contributed by atoms with Crippen LogP contribution in [0.5, 0.6) is 0 Å². The highest BCUT2D eigenvalue weighted by Gasteiger charge is 2.20. The number of hydrogen-bond acceptors (Lipinski definition) is 2. The quantitative estimate of drug-likeness (QED) is 0.400. The summed E-state index contributed by atoms with van der Waals surface area (Å²) in [6.45, 7) is 0. The van der Waals surface area contributed by atoms with Crippen molar-refractivity contribution >= 4 is 30.8 Å². The van der Waals surface area contributed by atoms with Gasteiger partial charge in [0.05, 0.1) is 11.6 Å². The zero-order valence-electron chi connectivity index (χ0n) is 9.57. The van der Waals surface area contributed by atoms with Crippen LogP contribution in [0.25, 0.3) is 0 Å². The van der Waals surface area contributed by atoms with Gasteiger partial charge in [0.2, 0.25) is 0 Å². The Morgan fingerprint density at radius 3 is 2.33 bits per heavy atom. The van der Waals surface area contributed by atoms with Gasteiger partial charge in [-0.25, -0.2) is 0 Å². The Morgan fingerprint density at radius 1 is 1.11 bits per heavy atom. The maximum absolute atomic E-state index is 9.75. The van der Waals surface area contributed by atoms with Crippen molar-refractivity contribution in [2.75, 3.05) is 11.5 Å². The topological polar surface area (TPSA) is 0 Å². The summed E-state index contributed by atoms with van der Waals surface area (Å²) in [5.74, 6) is 2.63. The number of rotatable bonds is 1. The smallest absolute Gasteiger partial charge is 0.418 e. The maximum atomic E-state index is 9.75. The summed E-state index contributed by atoms with van der Waals surface area (Å²) >= 11 is 4.15. The zero-order valence-corrected chi connectivity index (χ0v) is 11.2.